The van der Waals surface area contributed by atoms with Gasteiger partial charge in [0.2, 0.25) is 0 Å². The van der Waals surface area contributed by atoms with Gasteiger partial charge in [-0.25, -0.2) is 9.07 Å². The summed E-state index contributed by atoms with van der Waals surface area (Å²) in [6, 6.07) is 6.54. The Kier molecular flexibility index (Phi) is 3.87. The van der Waals surface area contributed by atoms with Crippen LogP contribution in [-0.4, -0.2) is 46.9 Å². The van der Waals surface area contributed by atoms with Crippen molar-refractivity contribution in [1.82, 2.24) is 14.7 Å². The molecular formula is C19H22FN3O2. The van der Waals surface area contributed by atoms with E-state index in [0.717, 1.165) is 37.4 Å². The molecule has 0 bridgehead atoms. The summed E-state index contributed by atoms with van der Waals surface area (Å²) in [5.41, 5.74) is 2.55. The van der Waals surface area contributed by atoms with Gasteiger partial charge in [0.15, 0.2) is 0 Å². The van der Waals surface area contributed by atoms with Gasteiger partial charge in [0.25, 0.3) is 5.91 Å². The number of ether oxygens (including phenoxy) is 1. The van der Waals surface area contributed by atoms with Gasteiger partial charge in [0.1, 0.15) is 11.5 Å². The molecule has 1 amide bonds. The van der Waals surface area contributed by atoms with Crippen molar-refractivity contribution in [1.29, 1.82) is 0 Å². The zero-order chi connectivity index (χ0) is 17.6. The predicted molar refractivity (Wildman–Crippen MR) is 91.4 cm³/mol. The van der Waals surface area contributed by atoms with Crippen LogP contribution < -0.4 is 0 Å². The molecule has 2 saturated heterocycles. The van der Waals surface area contributed by atoms with Gasteiger partial charge < -0.3 is 9.64 Å². The number of aromatic nitrogens is 2. The largest absolute Gasteiger partial charge is 0.381 e. The molecule has 3 heterocycles. The zero-order valence-electron chi connectivity index (χ0n) is 14.6. The predicted octanol–water partition coefficient (Wildman–Crippen LogP) is 2.88. The van der Waals surface area contributed by atoms with Crippen molar-refractivity contribution in [2.45, 2.75) is 26.7 Å². The third kappa shape index (κ3) is 2.84. The summed E-state index contributed by atoms with van der Waals surface area (Å²) in [6.07, 6.45) is 1.97. The molecular weight excluding hydrogens is 321 g/mol. The summed E-state index contributed by atoms with van der Waals surface area (Å²) < 4.78 is 21.7. The van der Waals surface area contributed by atoms with Crippen LogP contribution in [0.2, 0.25) is 0 Å². The highest BCUT2D eigenvalue weighted by molar-refractivity contribution is 5.94. The Morgan fingerprint density at radius 2 is 2.12 bits per heavy atom. The Balaban J connectivity index is 1.56. The fourth-order valence-electron chi connectivity index (χ4n) is 3.95. The molecule has 1 spiro atoms. The second-order valence-corrected chi connectivity index (χ2v) is 7.28. The molecule has 132 valence electrons. The zero-order valence-corrected chi connectivity index (χ0v) is 14.6. The van der Waals surface area contributed by atoms with Crippen molar-refractivity contribution < 1.29 is 13.9 Å². The lowest BCUT2D eigenvalue weighted by Gasteiger charge is -2.22. The van der Waals surface area contributed by atoms with E-state index in [1.165, 1.54) is 6.07 Å². The van der Waals surface area contributed by atoms with Crippen molar-refractivity contribution >= 4 is 5.91 Å². The highest BCUT2D eigenvalue weighted by Gasteiger charge is 2.42. The van der Waals surface area contributed by atoms with E-state index in [-0.39, 0.29) is 11.3 Å². The smallest absolute Gasteiger partial charge is 0.253 e. The number of nitrogens with zero attached hydrogens (tertiary/aromatic N) is 3. The first-order valence-electron chi connectivity index (χ1n) is 8.68. The molecule has 2 aliphatic heterocycles. The molecule has 0 N–H and O–H groups in total. The van der Waals surface area contributed by atoms with E-state index in [0.29, 0.717) is 24.3 Å². The number of hydrogen-bond donors (Lipinski definition) is 0. The average Bonchev–Trinajstić information content (AvgIpc) is 3.29. The number of aryl methyl sites for hydroxylation is 2. The van der Waals surface area contributed by atoms with Gasteiger partial charge in [-0.2, -0.15) is 5.10 Å². The minimum atomic E-state index is -0.435. The second kappa shape index (κ2) is 5.95. The number of carbonyl (C=O) groups is 1. The van der Waals surface area contributed by atoms with Gasteiger partial charge in [-0.1, -0.05) is 0 Å². The van der Waals surface area contributed by atoms with E-state index in [9.17, 15) is 9.18 Å². The first kappa shape index (κ1) is 16.3. The van der Waals surface area contributed by atoms with Gasteiger partial charge in [0.05, 0.1) is 12.3 Å². The number of rotatable bonds is 2. The van der Waals surface area contributed by atoms with E-state index in [4.69, 9.17) is 4.74 Å². The van der Waals surface area contributed by atoms with E-state index in [1.807, 2.05) is 24.8 Å². The van der Waals surface area contributed by atoms with Crippen LogP contribution in [0.3, 0.4) is 0 Å². The van der Waals surface area contributed by atoms with Crippen LogP contribution in [-0.2, 0) is 4.74 Å². The number of halogens is 1. The van der Waals surface area contributed by atoms with Crippen molar-refractivity contribution in [3.63, 3.8) is 0 Å². The molecule has 2 aliphatic rings. The van der Waals surface area contributed by atoms with Gasteiger partial charge in [-0.3, -0.25) is 4.79 Å². The average molecular weight is 343 g/mol. The lowest BCUT2D eigenvalue weighted by molar-refractivity contribution is 0.0765. The van der Waals surface area contributed by atoms with E-state index >= 15 is 0 Å². The van der Waals surface area contributed by atoms with Gasteiger partial charge in [0, 0.05) is 36.4 Å². The maximum atomic E-state index is 14.6. The first-order valence-corrected chi connectivity index (χ1v) is 8.68. The highest BCUT2D eigenvalue weighted by Crippen LogP contribution is 2.38. The molecule has 1 unspecified atom stereocenters. The summed E-state index contributed by atoms with van der Waals surface area (Å²) in [6.45, 7) is 6.66. The van der Waals surface area contributed by atoms with Crippen LogP contribution in [0.15, 0.2) is 24.3 Å². The molecule has 1 atom stereocenters. The fraction of sp³-hybridized carbons (Fsp3) is 0.474. The molecule has 6 heteroatoms. The Morgan fingerprint density at radius 1 is 1.28 bits per heavy atom. The summed E-state index contributed by atoms with van der Waals surface area (Å²) in [5.74, 6) is -0.544. The number of carbonyl (C=O) groups excluding carboxylic acids is 1. The van der Waals surface area contributed by atoms with Crippen LogP contribution in [0.4, 0.5) is 4.39 Å². The van der Waals surface area contributed by atoms with Crippen molar-refractivity contribution in [3.05, 3.63) is 47.0 Å². The van der Waals surface area contributed by atoms with Crippen LogP contribution >= 0.6 is 0 Å². The molecule has 2 fully saturated rings. The van der Waals surface area contributed by atoms with Gasteiger partial charge >= 0.3 is 0 Å². The Morgan fingerprint density at radius 3 is 2.76 bits per heavy atom. The first-order chi connectivity index (χ1) is 12.0. The fourth-order valence-corrected chi connectivity index (χ4v) is 3.95. The van der Waals surface area contributed by atoms with Crippen molar-refractivity contribution in [2.24, 2.45) is 5.41 Å². The molecule has 0 aliphatic carbocycles. The third-order valence-electron chi connectivity index (χ3n) is 5.34. The summed E-state index contributed by atoms with van der Waals surface area (Å²) >= 11 is 0. The maximum absolute atomic E-state index is 14.6. The quantitative estimate of drug-likeness (QED) is 0.842. The number of amides is 1. The molecule has 5 nitrogen and oxygen atoms in total. The summed E-state index contributed by atoms with van der Waals surface area (Å²) in [5, 5.41) is 4.31. The van der Waals surface area contributed by atoms with Gasteiger partial charge in [-0.15, -0.1) is 0 Å². The monoisotopic (exact) mass is 343 g/mol. The molecule has 1 aromatic heterocycles. The van der Waals surface area contributed by atoms with Crippen LogP contribution in [0, 0.1) is 25.1 Å². The van der Waals surface area contributed by atoms with Gasteiger partial charge in [-0.05, 0) is 51.0 Å². The molecule has 25 heavy (non-hydrogen) atoms. The minimum Gasteiger partial charge on any atom is -0.381 e. The molecule has 2 aromatic rings. The maximum Gasteiger partial charge on any atom is 0.253 e. The van der Waals surface area contributed by atoms with Crippen LogP contribution in [0.5, 0.6) is 0 Å². The van der Waals surface area contributed by atoms with Crippen LogP contribution in [0.1, 0.15) is 34.6 Å². The number of hydrogen-bond acceptors (Lipinski definition) is 3. The van der Waals surface area contributed by atoms with E-state index in [1.54, 1.807) is 16.8 Å². The van der Waals surface area contributed by atoms with Crippen molar-refractivity contribution in [2.75, 3.05) is 26.3 Å². The molecule has 0 saturated carbocycles. The minimum absolute atomic E-state index is 0.109. The van der Waals surface area contributed by atoms with E-state index < -0.39 is 5.82 Å². The Bertz CT molecular complexity index is 824. The summed E-state index contributed by atoms with van der Waals surface area (Å²) in [4.78, 5) is 14.6. The number of likely N-dealkylation sites (tertiary alicyclic amines) is 1. The summed E-state index contributed by atoms with van der Waals surface area (Å²) in [7, 11) is 0. The lowest BCUT2D eigenvalue weighted by atomic mass is 9.87. The normalized spacial score (nSPS) is 22.9. The topological polar surface area (TPSA) is 47.4 Å². The second-order valence-electron chi connectivity index (χ2n) is 7.28. The number of benzene rings is 1. The van der Waals surface area contributed by atoms with Crippen molar-refractivity contribution in [3.8, 4) is 5.69 Å². The standard InChI is InChI=1S/C19H22FN3O2/c1-13-9-14(2)23(21-13)17-4-3-15(10-16(17)20)18(24)22-7-5-19(11-22)6-8-25-12-19/h3-4,9-10H,5-8,11-12H2,1-2H3. The molecule has 4 rings (SSSR count). The third-order valence-corrected chi connectivity index (χ3v) is 5.34. The highest BCUT2D eigenvalue weighted by atomic mass is 19.1. The SMILES string of the molecule is Cc1cc(C)n(-c2ccc(C(=O)N3CCC4(CCOC4)C3)cc2F)n1. The Hall–Kier alpha value is -2.21. The molecule has 1 aromatic carbocycles. The Labute approximate surface area is 146 Å². The lowest BCUT2D eigenvalue weighted by Crippen LogP contribution is -2.32. The molecule has 0 radical (unpaired) electrons. The van der Waals surface area contributed by atoms with E-state index in [2.05, 4.69) is 5.10 Å². The van der Waals surface area contributed by atoms with Crippen LogP contribution in [0.25, 0.3) is 5.69 Å².